The molecule has 0 atom stereocenters. The van der Waals surface area contributed by atoms with Gasteiger partial charge in [0.05, 0.1) is 5.69 Å². The van der Waals surface area contributed by atoms with Crippen LogP contribution in [-0.2, 0) is 0 Å². The van der Waals surface area contributed by atoms with E-state index >= 15 is 0 Å². The molecular formula is C17H11F5N4O3. The number of carbonyl (C=O) groups excluding carboxylic acids is 1. The Balaban J connectivity index is 1.74. The van der Waals surface area contributed by atoms with Crippen molar-refractivity contribution >= 4 is 6.09 Å². The van der Waals surface area contributed by atoms with Crippen molar-refractivity contribution in [3.63, 3.8) is 0 Å². The predicted molar refractivity (Wildman–Crippen MR) is 88.6 cm³/mol. The first-order valence-electron chi connectivity index (χ1n) is 7.78. The molecule has 0 unspecified atom stereocenters. The first-order valence-corrected chi connectivity index (χ1v) is 7.78. The van der Waals surface area contributed by atoms with E-state index in [1.807, 2.05) is 0 Å². The van der Waals surface area contributed by atoms with E-state index in [1.165, 1.54) is 35.3 Å². The quantitative estimate of drug-likeness (QED) is 0.639. The van der Waals surface area contributed by atoms with E-state index in [0.717, 1.165) is 12.1 Å². The van der Waals surface area contributed by atoms with Crippen LogP contribution in [0.4, 0.5) is 26.7 Å². The summed E-state index contributed by atoms with van der Waals surface area (Å²) in [5, 5.41) is 4.19. The second-order valence-corrected chi connectivity index (χ2v) is 5.57. The van der Waals surface area contributed by atoms with Crippen LogP contribution in [0.5, 0.6) is 11.5 Å². The molecule has 29 heavy (non-hydrogen) atoms. The van der Waals surface area contributed by atoms with Crippen LogP contribution >= 0.6 is 0 Å². The average molecular weight is 414 g/mol. The number of amides is 1. The third kappa shape index (κ3) is 4.59. The molecule has 0 radical (unpaired) electrons. The first kappa shape index (κ1) is 20.0. The number of primary amides is 1. The zero-order valence-electron chi connectivity index (χ0n) is 14.2. The minimum atomic E-state index is -5.83. The fourth-order valence-electron chi connectivity index (χ4n) is 2.18. The van der Waals surface area contributed by atoms with Crippen LogP contribution in [0.25, 0.3) is 17.1 Å². The van der Waals surface area contributed by atoms with Gasteiger partial charge in [0.15, 0.2) is 5.82 Å². The monoisotopic (exact) mass is 414 g/mol. The van der Waals surface area contributed by atoms with Gasteiger partial charge >= 0.3 is 18.4 Å². The van der Waals surface area contributed by atoms with E-state index in [9.17, 15) is 26.7 Å². The van der Waals surface area contributed by atoms with E-state index in [-0.39, 0.29) is 5.75 Å². The maximum Gasteiger partial charge on any atom is 0.499 e. The lowest BCUT2D eigenvalue weighted by molar-refractivity contribution is -0.360. The summed E-state index contributed by atoms with van der Waals surface area (Å²) in [5.41, 5.74) is 5.83. The number of nitrogens with two attached hydrogens (primary N) is 1. The Hall–Kier alpha value is -3.70. The first-order chi connectivity index (χ1) is 13.5. The molecule has 1 amide bonds. The average Bonchev–Trinajstić information content (AvgIpc) is 3.11. The van der Waals surface area contributed by atoms with Crippen LogP contribution in [-0.4, -0.2) is 33.1 Å². The Morgan fingerprint density at radius 1 is 0.931 bits per heavy atom. The van der Waals surface area contributed by atoms with Gasteiger partial charge in [0.25, 0.3) is 0 Å². The number of benzene rings is 2. The second-order valence-electron chi connectivity index (χ2n) is 5.57. The van der Waals surface area contributed by atoms with Gasteiger partial charge in [-0.25, -0.2) is 14.5 Å². The van der Waals surface area contributed by atoms with E-state index in [1.54, 1.807) is 12.1 Å². The number of hydrogen-bond donors (Lipinski definition) is 1. The number of ether oxygens (including phenoxy) is 2. The molecule has 0 aliphatic heterocycles. The summed E-state index contributed by atoms with van der Waals surface area (Å²) in [4.78, 5) is 14.8. The summed E-state index contributed by atoms with van der Waals surface area (Å²) < 4.78 is 72.1. The van der Waals surface area contributed by atoms with Crippen molar-refractivity contribution in [2.24, 2.45) is 5.73 Å². The summed E-state index contributed by atoms with van der Waals surface area (Å²) in [5.74, 6) is -0.145. The standard InChI is InChI=1S/C17H11F5N4O3/c18-16(19,20)17(21,22)29-13-7-3-11(4-8-13)26-9-24-14(25-26)10-1-5-12(6-2-10)28-15(23)27/h1-9H,(H2,23,27). The number of alkyl halides is 5. The SMILES string of the molecule is NC(=O)Oc1ccc(-c2ncn(-c3ccc(OC(F)(F)C(F)(F)F)cc3)n2)cc1. The van der Waals surface area contributed by atoms with Gasteiger partial charge in [-0.3, -0.25) is 0 Å². The molecule has 0 spiro atoms. The van der Waals surface area contributed by atoms with Gasteiger partial charge in [0.1, 0.15) is 17.8 Å². The van der Waals surface area contributed by atoms with Crippen LogP contribution in [0.15, 0.2) is 54.9 Å². The number of rotatable bonds is 5. The highest BCUT2D eigenvalue weighted by molar-refractivity contribution is 5.68. The smallest absolute Gasteiger partial charge is 0.426 e. The molecular weight excluding hydrogens is 403 g/mol. The van der Waals surface area contributed by atoms with Gasteiger partial charge in [-0.1, -0.05) is 0 Å². The van der Waals surface area contributed by atoms with Crippen LogP contribution in [0, 0.1) is 0 Å². The van der Waals surface area contributed by atoms with Crippen molar-refractivity contribution in [2.75, 3.05) is 0 Å². The number of hydrogen-bond acceptors (Lipinski definition) is 5. The van der Waals surface area contributed by atoms with Crippen molar-refractivity contribution in [1.82, 2.24) is 14.8 Å². The Morgan fingerprint density at radius 3 is 2.07 bits per heavy atom. The summed E-state index contributed by atoms with van der Waals surface area (Å²) in [6, 6.07) is 10.5. The molecule has 3 rings (SSSR count). The normalized spacial score (nSPS) is 11.9. The predicted octanol–water partition coefficient (Wildman–Crippen LogP) is 3.93. The lowest BCUT2D eigenvalue weighted by Crippen LogP contribution is -2.41. The molecule has 1 heterocycles. The van der Waals surface area contributed by atoms with Gasteiger partial charge < -0.3 is 15.2 Å². The molecule has 0 fully saturated rings. The molecule has 7 nitrogen and oxygen atoms in total. The van der Waals surface area contributed by atoms with Crippen LogP contribution in [0.3, 0.4) is 0 Å². The maximum absolute atomic E-state index is 12.9. The summed E-state index contributed by atoms with van der Waals surface area (Å²) >= 11 is 0. The lowest BCUT2D eigenvalue weighted by atomic mass is 10.2. The topological polar surface area (TPSA) is 92.3 Å². The third-order valence-electron chi connectivity index (χ3n) is 3.50. The van der Waals surface area contributed by atoms with Gasteiger partial charge in [0, 0.05) is 5.56 Å². The molecule has 1 aromatic heterocycles. The number of aromatic nitrogens is 3. The molecule has 152 valence electrons. The Morgan fingerprint density at radius 2 is 1.52 bits per heavy atom. The summed E-state index contributed by atoms with van der Waals surface area (Å²) in [6.45, 7) is 0. The highest BCUT2D eigenvalue weighted by atomic mass is 19.4. The maximum atomic E-state index is 12.9. The van der Waals surface area contributed by atoms with Crippen molar-refractivity contribution in [3.8, 4) is 28.6 Å². The molecule has 2 aromatic carbocycles. The second kappa shape index (κ2) is 7.37. The van der Waals surface area contributed by atoms with Crippen LogP contribution in [0.2, 0.25) is 0 Å². The van der Waals surface area contributed by atoms with Crippen molar-refractivity contribution in [2.45, 2.75) is 12.3 Å². The Bertz CT molecular complexity index is 1000. The van der Waals surface area contributed by atoms with Gasteiger partial charge in [0.2, 0.25) is 0 Å². The minimum Gasteiger partial charge on any atom is -0.426 e. The van der Waals surface area contributed by atoms with Crippen LogP contribution < -0.4 is 15.2 Å². The number of halogens is 5. The van der Waals surface area contributed by atoms with Gasteiger partial charge in [-0.2, -0.15) is 22.0 Å². The fourth-order valence-corrected chi connectivity index (χ4v) is 2.18. The molecule has 12 heteroatoms. The van der Waals surface area contributed by atoms with E-state index in [4.69, 9.17) is 10.5 Å². The Kier molecular flexibility index (Phi) is 5.10. The molecule has 0 aliphatic rings. The molecule has 0 saturated carbocycles. The largest absolute Gasteiger partial charge is 0.499 e. The summed E-state index contributed by atoms with van der Waals surface area (Å²) in [7, 11) is 0. The lowest BCUT2D eigenvalue weighted by Gasteiger charge is -2.20. The number of nitrogens with zero attached hydrogens (tertiary/aromatic N) is 3. The van der Waals surface area contributed by atoms with Gasteiger partial charge in [-0.05, 0) is 48.5 Å². The van der Waals surface area contributed by atoms with Gasteiger partial charge in [-0.15, -0.1) is 5.10 Å². The van der Waals surface area contributed by atoms with E-state index < -0.39 is 24.1 Å². The van der Waals surface area contributed by atoms with Crippen molar-refractivity contribution < 1.29 is 36.2 Å². The minimum absolute atomic E-state index is 0.229. The van der Waals surface area contributed by atoms with Crippen molar-refractivity contribution in [1.29, 1.82) is 0 Å². The summed E-state index contributed by atoms with van der Waals surface area (Å²) in [6.07, 6.45) is -10.8. The fraction of sp³-hybridized carbons (Fsp3) is 0.118. The van der Waals surface area contributed by atoms with E-state index in [2.05, 4.69) is 14.8 Å². The molecule has 0 saturated heterocycles. The third-order valence-corrected chi connectivity index (χ3v) is 3.50. The molecule has 2 N–H and O–H groups in total. The highest BCUT2D eigenvalue weighted by Gasteiger charge is 2.61. The van der Waals surface area contributed by atoms with E-state index in [0.29, 0.717) is 17.1 Å². The van der Waals surface area contributed by atoms with Crippen molar-refractivity contribution in [3.05, 3.63) is 54.9 Å². The number of carbonyl (C=O) groups is 1. The zero-order valence-corrected chi connectivity index (χ0v) is 14.2. The molecule has 0 bridgehead atoms. The zero-order chi connectivity index (χ0) is 21.2. The van der Waals surface area contributed by atoms with Crippen LogP contribution in [0.1, 0.15) is 0 Å². The molecule has 0 aliphatic carbocycles. The Labute approximate surface area is 159 Å². The highest BCUT2D eigenvalue weighted by Crippen LogP contribution is 2.37. The molecule has 3 aromatic rings.